The van der Waals surface area contributed by atoms with Gasteiger partial charge in [0.2, 0.25) is 0 Å². The fourth-order valence-corrected chi connectivity index (χ4v) is 3.48. The van der Waals surface area contributed by atoms with Crippen LogP contribution in [-0.4, -0.2) is 10.3 Å². The van der Waals surface area contributed by atoms with Gasteiger partial charge in [-0.25, -0.2) is 0 Å². The lowest BCUT2D eigenvalue weighted by atomic mass is 9.98. The van der Waals surface area contributed by atoms with E-state index in [4.69, 9.17) is 27.7 Å². The van der Waals surface area contributed by atoms with Gasteiger partial charge in [-0.2, -0.15) is 0 Å². The van der Waals surface area contributed by atoms with E-state index >= 15 is 0 Å². The van der Waals surface area contributed by atoms with Crippen LogP contribution in [0.15, 0.2) is 65.2 Å². The van der Waals surface area contributed by atoms with Gasteiger partial charge in [-0.05, 0) is 29.0 Å². The first-order chi connectivity index (χ1) is 12.2. The van der Waals surface area contributed by atoms with Crippen molar-refractivity contribution in [3.05, 3.63) is 76.3 Å². The fraction of sp³-hybridized carbons (Fsp3) is 0.0500. The summed E-state index contributed by atoms with van der Waals surface area (Å²) >= 11 is 12.3. The predicted octanol–water partition coefficient (Wildman–Crippen LogP) is 5.96. The van der Waals surface area contributed by atoms with Gasteiger partial charge in [-0.3, -0.25) is 0 Å². The molecule has 0 bridgehead atoms. The number of fused-ring (bicyclic) bond motifs is 1. The SMILES string of the molecule is OCc1c(-c2cccc3ccccc23)noc1-c1ccc(Cl)cc1Cl. The molecule has 0 spiro atoms. The van der Waals surface area contributed by atoms with E-state index in [9.17, 15) is 5.11 Å². The number of aliphatic hydroxyl groups is 1. The molecule has 25 heavy (non-hydrogen) atoms. The molecule has 1 aromatic heterocycles. The predicted molar refractivity (Wildman–Crippen MR) is 101 cm³/mol. The third-order valence-electron chi connectivity index (χ3n) is 4.17. The summed E-state index contributed by atoms with van der Waals surface area (Å²) < 4.78 is 5.56. The van der Waals surface area contributed by atoms with Crippen molar-refractivity contribution in [3.8, 4) is 22.6 Å². The molecule has 0 atom stereocenters. The first kappa shape index (κ1) is 16.2. The Kier molecular flexibility index (Phi) is 4.22. The van der Waals surface area contributed by atoms with Crippen LogP contribution in [0, 0.1) is 0 Å². The van der Waals surface area contributed by atoms with Crippen LogP contribution in [0.2, 0.25) is 10.0 Å². The van der Waals surface area contributed by atoms with E-state index in [-0.39, 0.29) is 6.61 Å². The zero-order valence-electron chi connectivity index (χ0n) is 13.0. The van der Waals surface area contributed by atoms with Crippen LogP contribution in [-0.2, 0) is 6.61 Å². The second kappa shape index (κ2) is 6.52. The molecule has 4 aromatic rings. The summed E-state index contributed by atoms with van der Waals surface area (Å²) in [4.78, 5) is 0. The maximum absolute atomic E-state index is 9.96. The average Bonchev–Trinajstić information content (AvgIpc) is 3.04. The van der Waals surface area contributed by atoms with E-state index in [2.05, 4.69) is 5.16 Å². The molecule has 0 aliphatic carbocycles. The second-order valence-corrected chi connectivity index (χ2v) is 6.49. The van der Waals surface area contributed by atoms with Crippen molar-refractivity contribution >= 4 is 34.0 Å². The van der Waals surface area contributed by atoms with Crippen LogP contribution in [0.25, 0.3) is 33.4 Å². The van der Waals surface area contributed by atoms with Crippen molar-refractivity contribution in [1.82, 2.24) is 5.16 Å². The minimum absolute atomic E-state index is 0.212. The molecule has 0 amide bonds. The van der Waals surface area contributed by atoms with Gasteiger partial charge < -0.3 is 9.63 Å². The molecular formula is C20H13Cl2NO2. The van der Waals surface area contributed by atoms with Crippen LogP contribution in [0.5, 0.6) is 0 Å². The van der Waals surface area contributed by atoms with E-state index in [0.29, 0.717) is 32.6 Å². The Hall–Kier alpha value is -2.33. The smallest absolute Gasteiger partial charge is 0.174 e. The van der Waals surface area contributed by atoms with Crippen molar-refractivity contribution < 1.29 is 9.63 Å². The molecule has 4 rings (SSSR count). The van der Waals surface area contributed by atoms with E-state index in [1.165, 1.54) is 0 Å². The Morgan fingerprint density at radius 1 is 0.920 bits per heavy atom. The number of aromatic nitrogens is 1. The molecule has 0 aliphatic heterocycles. The minimum atomic E-state index is -0.212. The molecule has 1 N–H and O–H groups in total. The summed E-state index contributed by atoms with van der Waals surface area (Å²) in [6.45, 7) is -0.212. The number of benzene rings is 3. The van der Waals surface area contributed by atoms with Gasteiger partial charge in [0, 0.05) is 16.1 Å². The molecule has 3 aromatic carbocycles. The molecular weight excluding hydrogens is 357 g/mol. The standard InChI is InChI=1S/C20H13Cl2NO2/c21-13-8-9-16(18(22)10-13)20-17(11-24)19(23-25-20)15-7-3-5-12-4-1-2-6-14(12)15/h1-10,24H,11H2. The van der Waals surface area contributed by atoms with Crippen LogP contribution in [0.1, 0.15) is 5.56 Å². The number of rotatable bonds is 3. The van der Waals surface area contributed by atoms with Gasteiger partial charge in [-0.1, -0.05) is 70.8 Å². The van der Waals surface area contributed by atoms with Crippen LogP contribution in [0.4, 0.5) is 0 Å². The lowest BCUT2D eigenvalue weighted by molar-refractivity contribution is 0.281. The van der Waals surface area contributed by atoms with Crippen LogP contribution in [0.3, 0.4) is 0 Å². The van der Waals surface area contributed by atoms with E-state index in [1.807, 2.05) is 42.5 Å². The lowest BCUT2D eigenvalue weighted by Gasteiger charge is -2.06. The highest BCUT2D eigenvalue weighted by atomic mass is 35.5. The van der Waals surface area contributed by atoms with Gasteiger partial charge in [0.05, 0.1) is 17.2 Å². The third-order valence-corrected chi connectivity index (χ3v) is 4.71. The molecule has 0 unspecified atom stereocenters. The van der Waals surface area contributed by atoms with Crippen LogP contribution < -0.4 is 0 Å². The fourth-order valence-electron chi connectivity index (χ4n) is 2.98. The molecule has 124 valence electrons. The first-order valence-corrected chi connectivity index (χ1v) is 8.47. The van der Waals surface area contributed by atoms with Gasteiger partial charge in [-0.15, -0.1) is 0 Å². The average molecular weight is 370 g/mol. The van der Waals surface area contributed by atoms with Crippen molar-refractivity contribution in [1.29, 1.82) is 0 Å². The zero-order valence-corrected chi connectivity index (χ0v) is 14.6. The Morgan fingerprint density at radius 3 is 2.52 bits per heavy atom. The monoisotopic (exact) mass is 369 g/mol. The molecule has 0 aliphatic rings. The third kappa shape index (κ3) is 2.81. The normalized spacial score (nSPS) is 11.2. The number of hydrogen-bond acceptors (Lipinski definition) is 3. The van der Waals surface area contributed by atoms with Crippen molar-refractivity contribution in [3.63, 3.8) is 0 Å². The van der Waals surface area contributed by atoms with Gasteiger partial charge in [0.25, 0.3) is 0 Å². The maximum Gasteiger partial charge on any atom is 0.174 e. The van der Waals surface area contributed by atoms with Crippen molar-refractivity contribution in [2.45, 2.75) is 6.61 Å². The molecule has 0 fully saturated rings. The molecule has 0 saturated heterocycles. The lowest BCUT2D eigenvalue weighted by Crippen LogP contribution is -1.90. The van der Waals surface area contributed by atoms with Crippen LogP contribution >= 0.6 is 23.2 Å². The molecule has 0 saturated carbocycles. The van der Waals surface area contributed by atoms with E-state index < -0.39 is 0 Å². The second-order valence-electron chi connectivity index (χ2n) is 5.65. The number of aliphatic hydroxyl groups excluding tert-OH is 1. The Bertz CT molecular complexity index is 1070. The zero-order chi connectivity index (χ0) is 17.4. The van der Waals surface area contributed by atoms with Gasteiger partial charge in [0.15, 0.2) is 5.76 Å². The maximum atomic E-state index is 9.96. The molecule has 1 heterocycles. The summed E-state index contributed by atoms with van der Waals surface area (Å²) in [6.07, 6.45) is 0. The molecule has 3 nitrogen and oxygen atoms in total. The summed E-state index contributed by atoms with van der Waals surface area (Å²) in [7, 11) is 0. The van der Waals surface area contributed by atoms with E-state index in [0.717, 1.165) is 16.3 Å². The number of halogens is 2. The Balaban J connectivity index is 1.94. The Labute approximate surface area is 154 Å². The summed E-state index contributed by atoms with van der Waals surface area (Å²) in [5, 5.41) is 17.3. The number of hydrogen-bond donors (Lipinski definition) is 1. The molecule has 5 heteroatoms. The van der Waals surface area contributed by atoms with Gasteiger partial charge in [0.1, 0.15) is 5.69 Å². The van der Waals surface area contributed by atoms with Crippen molar-refractivity contribution in [2.24, 2.45) is 0 Å². The summed E-state index contributed by atoms with van der Waals surface area (Å²) in [5.74, 6) is 0.451. The molecule has 0 radical (unpaired) electrons. The Morgan fingerprint density at radius 2 is 1.72 bits per heavy atom. The highest BCUT2D eigenvalue weighted by molar-refractivity contribution is 6.36. The number of nitrogens with zero attached hydrogens (tertiary/aromatic N) is 1. The van der Waals surface area contributed by atoms with Gasteiger partial charge >= 0.3 is 0 Å². The summed E-state index contributed by atoms with van der Waals surface area (Å²) in [6, 6.07) is 19.1. The quantitative estimate of drug-likeness (QED) is 0.484. The van der Waals surface area contributed by atoms with E-state index in [1.54, 1.807) is 18.2 Å². The highest BCUT2D eigenvalue weighted by Gasteiger charge is 2.21. The minimum Gasteiger partial charge on any atom is -0.391 e. The highest BCUT2D eigenvalue weighted by Crippen LogP contribution is 2.38. The van der Waals surface area contributed by atoms with Crippen molar-refractivity contribution in [2.75, 3.05) is 0 Å². The largest absolute Gasteiger partial charge is 0.391 e. The summed E-state index contributed by atoms with van der Waals surface area (Å²) in [5.41, 5.74) is 2.76. The first-order valence-electron chi connectivity index (χ1n) is 7.72. The topological polar surface area (TPSA) is 46.3 Å².